The molecule has 0 amide bonds. The summed E-state index contributed by atoms with van der Waals surface area (Å²) in [6, 6.07) is 0. The Balaban J connectivity index is 2.47. The van der Waals surface area contributed by atoms with Gasteiger partial charge in [0.25, 0.3) is 0 Å². The van der Waals surface area contributed by atoms with E-state index >= 15 is 0 Å². The first-order chi connectivity index (χ1) is 8.34. The SMILES string of the molecule is CNCC(C)C(C)CC1CCCN(S(C)(=O)=O)C1. The van der Waals surface area contributed by atoms with Gasteiger partial charge in [-0.3, -0.25) is 0 Å². The second-order valence-corrected chi connectivity index (χ2v) is 7.86. The highest BCUT2D eigenvalue weighted by Crippen LogP contribution is 2.27. The van der Waals surface area contributed by atoms with Crippen LogP contribution in [0.15, 0.2) is 0 Å². The molecule has 0 aliphatic carbocycles. The van der Waals surface area contributed by atoms with Crippen LogP contribution in [-0.2, 0) is 10.0 Å². The van der Waals surface area contributed by atoms with E-state index in [1.165, 1.54) is 12.7 Å². The van der Waals surface area contributed by atoms with Gasteiger partial charge in [0.15, 0.2) is 0 Å². The Bertz CT molecular complexity index is 343. The van der Waals surface area contributed by atoms with Crippen molar-refractivity contribution < 1.29 is 8.42 Å². The lowest BCUT2D eigenvalue weighted by Crippen LogP contribution is -2.40. The number of nitrogens with one attached hydrogen (secondary N) is 1. The highest BCUT2D eigenvalue weighted by molar-refractivity contribution is 7.88. The van der Waals surface area contributed by atoms with Crippen LogP contribution in [0.2, 0.25) is 0 Å². The lowest BCUT2D eigenvalue weighted by molar-refractivity contribution is 0.212. The maximum absolute atomic E-state index is 11.6. The Morgan fingerprint density at radius 3 is 2.56 bits per heavy atom. The molecule has 0 aromatic rings. The highest BCUT2D eigenvalue weighted by Gasteiger charge is 2.27. The van der Waals surface area contributed by atoms with Gasteiger partial charge in [-0.2, -0.15) is 0 Å². The zero-order valence-corrected chi connectivity index (χ0v) is 13.0. The summed E-state index contributed by atoms with van der Waals surface area (Å²) >= 11 is 0. The predicted molar refractivity (Wildman–Crippen MR) is 76.0 cm³/mol. The minimum atomic E-state index is -3.00. The number of hydrogen-bond acceptors (Lipinski definition) is 3. The Morgan fingerprint density at radius 1 is 1.33 bits per heavy atom. The molecule has 5 heteroatoms. The van der Waals surface area contributed by atoms with E-state index in [0.29, 0.717) is 24.3 Å². The molecule has 0 saturated carbocycles. The average molecular weight is 276 g/mol. The van der Waals surface area contributed by atoms with Crippen molar-refractivity contribution in [2.24, 2.45) is 17.8 Å². The third kappa shape index (κ3) is 4.86. The number of piperidine rings is 1. The fraction of sp³-hybridized carbons (Fsp3) is 1.00. The molecule has 1 aliphatic heterocycles. The van der Waals surface area contributed by atoms with Gasteiger partial charge in [-0.1, -0.05) is 13.8 Å². The van der Waals surface area contributed by atoms with E-state index in [0.717, 1.165) is 25.9 Å². The first-order valence-corrected chi connectivity index (χ1v) is 8.79. The highest BCUT2D eigenvalue weighted by atomic mass is 32.2. The number of rotatable bonds is 6. The molecule has 1 aliphatic rings. The van der Waals surface area contributed by atoms with Crippen molar-refractivity contribution in [1.82, 2.24) is 9.62 Å². The molecule has 0 aromatic heterocycles. The van der Waals surface area contributed by atoms with Crippen LogP contribution in [0.3, 0.4) is 0 Å². The molecular weight excluding hydrogens is 248 g/mol. The van der Waals surface area contributed by atoms with Crippen LogP contribution in [0.5, 0.6) is 0 Å². The maximum atomic E-state index is 11.6. The van der Waals surface area contributed by atoms with Crippen molar-refractivity contribution in [2.45, 2.75) is 33.1 Å². The summed E-state index contributed by atoms with van der Waals surface area (Å²) in [5, 5.41) is 3.21. The smallest absolute Gasteiger partial charge is 0.211 e. The van der Waals surface area contributed by atoms with E-state index in [9.17, 15) is 8.42 Å². The van der Waals surface area contributed by atoms with Crippen LogP contribution in [-0.4, -0.2) is 45.7 Å². The van der Waals surface area contributed by atoms with E-state index in [4.69, 9.17) is 0 Å². The molecule has 0 aromatic carbocycles. The predicted octanol–water partition coefficient (Wildman–Crippen LogP) is 1.54. The number of nitrogens with zero attached hydrogens (tertiary/aromatic N) is 1. The summed E-state index contributed by atoms with van der Waals surface area (Å²) in [5.41, 5.74) is 0. The summed E-state index contributed by atoms with van der Waals surface area (Å²) in [5.74, 6) is 1.81. The molecule has 0 bridgehead atoms. The molecule has 1 heterocycles. The van der Waals surface area contributed by atoms with Crippen molar-refractivity contribution in [3.63, 3.8) is 0 Å². The lowest BCUT2D eigenvalue weighted by Gasteiger charge is -2.33. The lowest BCUT2D eigenvalue weighted by atomic mass is 9.84. The fourth-order valence-corrected chi connectivity index (χ4v) is 3.74. The Hall–Kier alpha value is -0.130. The molecule has 1 rings (SSSR count). The second kappa shape index (κ2) is 6.87. The zero-order valence-electron chi connectivity index (χ0n) is 12.1. The van der Waals surface area contributed by atoms with Gasteiger partial charge >= 0.3 is 0 Å². The van der Waals surface area contributed by atoms with Crippen molar-refractivity contribution in [2.75, 3.05) is 32.9 Å². The van der Waals surface area contributed by atoms with E-state index in [1.807, 2.05) is 7.05 Å². The Labute approximate surface area is 112 Å². The van der Waals surface area contributed by atoms with Gasteiger partial charge in [0.05, 0.1) is 6.26 Å². The molecular formula is C13H28N2O2S. The van der Waals surface area contributed by atoms with Crippen molar-refractivity contribution >= 4 is 10.0 Å². The summed E-state index contributed by atoms with van der Waals surface area (Å²) in [7, 11) is -1.02. The molecule has 3 unspecified atom stereocenters. The van der Waals surface area contributed by atoms with Crippen molar-refractivity contribution in [3.05, 3.63) is 0 Å². The number of hydrogen-bond donors (Lipinski definition) is 1. The molecule has 4 nitrogen and oxygen atoms in total. The van der Waals surface area contributed by atoms with Gasteiger partial charge in [0.1, 0.15) is 0 Å². The molecule has 0 radical (unpaired) electrons. The molecule has 1 fully saturated rings. The van der Waals surface area contributed by atoms with Crippen LogP contribution in [0.4, 0.5) is 0 Å². The summed E-state index contributed by atoms with van der Waals surface area (Å²) in [6.45, 7) is 6.99. The second-order valence-electron chi connectivity index (χ2n) is 5.88. The zero-order chi connectivity index (χ0) is 13.8. The molecule has 1 N–H and O–H groups in total. The topological polar surface area (TPSA) is 49.4 Å². The van der Waals surface area contributed by atoms with Crippen molar-refractivity contribution in [3.8, 4) is 0 Å². The molecule has 18 heavy (non-hydrogen) atoms. The van der Waals surface area contributed by atoms with E-state index in [1.54, 1.807) is 4.31 Å². The normalized spacial score (nSPS) is 25.9. The first kappa shape index (κ1) is 15.9. The third-order valence-corrected chi connectivity index (χ3v) is 5.42. The minimum absolute atomic E-state index is 0.530. The maximum Gasteiger partial charge on any atom is 0.211 e. The van der Waals surface area contributed by atoms with Crippen molar-refractivity contribution in [1.29, 1.82) is 0 Å². The average Bonchev–Trinajstić information content (AvgIpc) is 2.28. The Morgan fingerprint density at radius 2 is 2.00 bits per heavy atom. The fourth-order valence-electron chi connectivity index (χ4n) is 2.80. The number of sulfonamides is 1. The molecule has 108 valence electrons. The van der Waals surface area contributed by atoms with Crippen LogP contribution in [0.1, 0.15) is 33.1 Å². The van der Waals surface area contributed by atoms with Gasteiger partial charge in [0, 0.05) is 13.1 Å². The third-order valence-electron chi connectivity index (χ3n) is 4.15. The van der Waals surface area contributed by atoms with Crippen LogP contribution >= 0.6 is 0 Å². The summed E-state index contributed by atoms with van der Waals surface area (Å²) in [6.07, 6.45) is 4.63. The van der Waals surface area contributed by atoms with Gasteiger partial charge in [-0.15, -0.1) is 0 Å². The molecule has 1 saturated heterocycles. The monoisotopic (exact) mass is 276 g/mol. The van der Waals surface area contributed by atoms with Gasteiger partial charge in [0.2, 0.25) is 10.0 Å². The van der Waals surface area contributed by atoms with Gasteiger partial charge in [-0.05, 0) is 50.6 Å². The Kier molecular flexibility index (Phi) is 6.08. The van der Waals surface area contributed by atoms with Crippen LogP contribution < -0.4 is 5.32 Å². The van der Waals surface area contributed by atoms with E-state index < -0.39 is 10.0 Å². The van der Waals surface area contributed by atoms with Gasteiger partial charge in [-0.25, -0.2) is 12.7 Å². The van der Waals surface area contributed by atoms with Crippen LogP contribution in [0.25, 0.3) is 0 Å². The quantitative estimate of drug-likeness (QED) is 0.800. The minimum Gasteiger partial charge on any atom is -0.319 e. The molecule has 0 spiro atoms. The van der Waals surface area contributed by atoms with Crippen LogP contribution in [0, 0.1) is 17.8 Å². The standard InChI is InChI=1S/C13H28N2O2S/c1-11(12(2)9-14-3)8-13-6-5-7-15(10-13)18(4,16)17/h11-14H,5-10H2,1-4H3. The van der Waals surface area contributed by atoms with Gasteiger partial charge < -0.3 is 5.32 Å². The largest absolute Gasteiger partial charge is 0.319 e. The van der Waals surface area contributed by atoms with E-state index in [2.05, 4.69) is 19.2 Å². The van der Waals surface area contributed by atoms with E-state index in [-0.39, 0.29) is 0 Å². The first-order valence-electron chi connectivity index (χ1n) is 6.94. The summed E-state index contributed by atoms with van der Waals surface area (Å²) < 4.78 is 24.8. The summed E-state index contributed by atoms with van der Waals surface area (Å²) in [4.78, 5) is 0. The molecule has 3 atom stereocenters.